The summed E-state index contributed by atoms with van der Waals surface area (Å²) in [7, 11) is -1.80. The van der Waals surface area contributed by atoms with E-state index in [9.17, 15) is 9.18 Å². The summed E-state index contributed by atoms with van der Waals surface area (Å²) < 4.78 is 26.3. The molecular weight excluding hydrogens is 489 g/mol. The molecule has 0 spiro atoms. The zero-order valence-corrected chi connectivity index (χ0v) is 22.9. The molecule has 0 aliphatic rings. The summed E-state index contributed by atoms with van der Waals surface area (Å²) in [4.78, 5) is 19.8. The van der Waals surface area contributed by atoms with E-state index in [1.807, 2.05) is 24.3 Å². The van der Waals surface area contributed by atoms with Crippen molar-refractivity contribution in [1.29, 1.82) is 0 Å². The first kappa shape index (κ1) is 27.8. The number of amides is 1. The Hall–Kier alpha value is -3.76. The molecule has 0 atom stereocenters. The number of ether oxygens (including phenoxy) is 1. The highest BCUT2D eigenvalue weighted by Gasteiger charge is 2.36. The number of hydrogen-bond donors (Lipinski definition) is 3. The maximum atomic E-state index is 14.4. The SMILES string of the molecule is C=CC(=O)Nc1cccc(Nc2nc(Nc3ccc(OCCO[Si](C)(C)C(C)(C)C)cc3)ncc2F)c1. The van der Waals surface area contributed by atoms with E-state index in [0.717, 1.165) is 17.6 Å². The summed E-state index contributed by atoms with van der Waals surface area (Å²) in [6.45, 7) is 15.5. The molecule has 0 radical (unpaired) electrons. The van der Waals surface area contributed by atoms with Crippen LogP contribution in [0.1, 0.15) is 20.8 Å². The molecule has 196 valence electrons. The minimum absolute atomic E-state index is 0.00798. The summed E-state index contributed by atoms with van der Waals surface area (Å²) in [5, 5.41) is 8.79. The fourth-order valence-electron chi connectivity index (χ4n) is 2.96. The number of carbonyl (C=O) groups is 1. The van der Waals surface area contributed by atoms with Crippen LogP contribution in [-0.2, 0) is 9.22 Å². The largest absolute Gasteiger partial charge is 0.491 e. The minimum atomic E-state index is -1.80. The monoisotopic (exact) mass is 523 g/mol. The van der Waals surface area contributed by atoms with Crippen molar-refractivity contribution >= 4 is 43.1 Å². The Bertz CT molecular complexity index is 1230. The molecule has 0 fully saturated rings. The maximum Gasteiger partial charge on any atom is 0.247 e. The lowest BCUT2D eigenvalue weighted by molar-refractivity contribution is -0.111. The molecule has 0 unspecified atom stereocenters. The molecule has 37 heavy (non-hydrogen) atoms. The van der Waals surface area contributed by atoms with Crippen LogP contribution < -0.4 is 20.7 Å². The number of hydrogen-bond acceptors (Lipinski definition) is 7. The van der Waals surface area contributed by atoms with Gasteiger partial charge in [-0.15, -0.1) is 0 Å². The summed E-state index contributed by atoms with van der Waals surface area (Å²) >= 11 is 0. The van der Waals surface area contributed by atoms with Gasteiger partial charge in [0.25, 0.3) is 0 Å². The first-order chi connectivity index (χ1) is 17.5. The van der Waals surface area contributed by atoms with E-state index in [1.54, 1.807) is 24.3 Å². The van der Waals surface area contributed by atoms with E-state index in [4.69, 9.17) is 9.16 Å². The third-order valence-corrected chi connectivity index (χ3v) is 10.6. The van der Waals surface area contributed by atoms with E-state index >= 15 is 0 Å². The number of anilines is 5. The van der Waals surface area contributed by atoms with E-state index in [-0.39, 0.29) is 22.7 Å². The van der Waals surface area contributed by atoms with Gasteiger partial charge in [-0.05, 0) is 66.7 Å². The second-order valence-electron chi connectivity index (χ2n) is 9.90. The van der Waals surface area contributed by atoms with Crippen LogP contribution in [0.5, 0.6) is 5.75 Å². The number of rotatable bonds is 11. The lowest BCUT2D eigenvalue weighted by atomic mass is 10.2. The van der Waals surface area contributed by atoms with Gasteiger partial charge >= 0.3 is 0 Å². The van der Waals surface area contributed by atoms with Gasteiger partial charge in [0.2, 0.25) is 11.9 Å². The van der Waals surface area contributed by atoms with Gasteiger partial charge in [0.1, 0.15) is 12.4 Å². The molecule has 1 amide bonds. The average molecular weight is 524 g/mol. The van der Waals surface area contributed by atoms with Crippen LogP contribution in [0.4, 0.5) is 33.2 Å². The van der Waals surface area contributed by atoms with Crippen LogP contribution in [0, 0.1) is 5.82 Å². The first-order valence-corrected chi connectivity index (χ1v) is 14.8. The number of nitrogens with one attached hydrogen (secondary N) is 3. The minimum Gasteiger partial charge on any atom is -0.491 e. The van der Waals surface area contributed by atoms with E-state index < -0.39 is 14.1 Å². The van der Waals surface area contributed by atoms with Crippen molar-refractivity contribution in [3.8, 4) is 5.75 Å². The average Bonchev–Trinajstić information content (AvgIpc) is 2.84. The molecule has 1 aromatic heterocycles. The first-order valence-electron chi connectivity index (χ1n) is 11.9. The predicted octanol–water partition coefficient (Wildman–Crippen LogP) is 6.63. The second-order valence-corrected chi connectivity index (χ2v) is 14.7. The molecule has 3 rings (SSSR count). The molecule has 2 aromatic carbocycles. The van der Waals surface area contributed by atoms with Gasteiger partial charge < -0.3 is 25.1 Å². The van der Waals surface area contributed by atoms with Gasteiger partial charge in [0.15, 0.2) is 20.0 Å². The fraction of sp³-hybridized carbons (Fsp3) is 0.296. The highest BCUT2D eigenvalue weighted by Crippen LogP contribution is 2.36. The number of halogens is 1. The number of benzene rings is 2. The van der Waals surface area contributed by atoms with E-state index in [1.165, 1.54) is 6.08 Å². The van der Waals surface area contributed by atoms with Crippen molar-refractivity contribution in [3.05, 3.63) is 73.2 Å². The molecule has 0 aliphatic carbocycles. The number of aromatic nitrogens is 2. The lowest BCUT2D eigenvalue weighted by Crippen LogP contribution is -2.41. The summed E-state index contributed by atoms with van der Waals surface area (Å²) in [5.74, 6) is -0.0273. The van der Waals surface area contributed by atoms with Crippen molar-refractivity contribution in [2.24, 2.45) is 0 Å². The van der Waals surface area contributed by atoms with Crippen LogP contribution in [0.25, 0.3) is 0 Å². The Morgan fingerprint density at radius 1 is 1.05 bits per heavy atom. The zero-order chi connectivity index (χ0) is 27.1. The summed E-state index contributed by atoms with van der Waals surface area (Å²) in [6.07, 6.45) is 2.26. The number of nitrogens with zero attached hydrogens (tertiary/aromatic N) is 2. The molecule has 3 N–H and O–H groups in total. The van der Waals surface area contributed by atoms with Gasteiger partial charge in [-0.3, -0.25) is 4.79 Å². The lowest BCUT2D eigenvalue weighted by Gasteiger charge is -2.36. The van der Waals surface area contributed by atoms with E-state index in [0.29, 0.717) is 24.6 Å². The standard InChI is InChI=1S/C27H34FN5O3Si/c1-7-24(34)30-20-9-8-10-21(17-20)31-25-23(28)18-29-26(33-25)32-19-11-13-22(14-12-19)35-15-16-36-37(5,6)27(2,3)4/h7-14,17-18H,1,15-16H2,2-6H3,(H,30,34)(H2,29,31,32,33). The second kappa shape index (κ2) is 12.0. The van der Waals surface area contributed by atoms with Crippen LogP contribution >= 0.6 is 0 Å². The van der Waals surface area contributed by atoms with Crippen molar-refractivity contribution in [2.45, 2.75) is 38.9 Å². The van der Waals surface area contributed by atoms with Crippen LogP contribution in [0.3, 0.4) is 0 Å². The van der Waals surface area contributed by atoms with Crippen molar-refractivity contribution in [3.63, 3.8) is 0 Å². The molecular formula is C27H34FN5O3Si. The molecule has 8 nitrogen and oxygen atoms in total. The molecule has 3 aromatic rings. The van der Waals surface area contributed by atoms with Crippen LogP contribution in [0.2, 0.25) is 18.1 Å². The highest BCUT2D eigenvalue weighted by atomic mass is 28.4. The van der Waals surface area contributed by atoms with Gasteiger partial charge in [0.05, 0.1) is 12.8 Å². The Morgan fingerprint density at radius 2 is 1.76 bits per heavy atom. The Kier molecular flexibility index (Phi) is 9.01. The van der Waals surface area contributed by atoms with E-state index in [2.05, 4.69) is 66.4 Å². The molecule has 0 aliphatic heterocycles. The topological polar surface area (TPSA) is 97.4 Å². The van der Waals surface area contributed by atoms with Crippen LogP contribution in [-0.4, -0.2) is 37.4 Å². The molecule has 0 saturated heterocycles. The molecule has 10 heteroatoms. The Labute approximate surface area is 218 Å². The number of carbonyl (C=O) groups excluding carboxylic acids is 1. The van der Waals surface area contributed by atoms with Crippen molar-refractivity contribution < 1.29 is 18.3 Å². The molecule has 0 saturated carbocycles. The van der Waals surface area contributed by atoms with Gasteiger partial charge in [0, 0.05) is 17.1 Å². The summed E-state index contributed by atoms with van der Waals surface area (Å²) in [6, 6.07) is 14.2. The molecule has 1 heterocycles. The Balaban J connectivity index is 1.58. The van der Waals surface area contributed by atoms with Gasteiger partial charge in [-0.2, -0.15) is 4.98 Å². The predicted molar refractivity (Wildman–Crippen MR) is 149 cm³/mol. The van der Waals surface area contributed by atoms with Crippen LogP contribution in [0.15, 0.2) is 67.4 Å². The molecule has 0 bridgehead atoms. The van der Waals surface area contributed by atoms with Gasteiger partial charge in [-0.25, -0.2) is 9.37 Å². The van der Waals surface area contributed by atoms with Gasteiger partial charge in [-0.1, -0.05) is 33.4 Å². The third kappa shape index (κ3) is 8.12. The summed E-state index contributed by atoms with van der Waals surface area (Å²) in [5.41, 5.74) is 1.80. The Morgan fingerprint density at radius 3 is 2.43 bits per heavy atom. The van der Waals surface area contributed by atoms with Crippen molar-refractivity contribution in [2.75, 3.05) is 29.2 Å². The zero-order valence-electron chi connectivity index (χ0n) is 21.9. The third-order valence-electron chi connectivity index (χ3n) is 6.05. The fourth-order valence-corrected chi connectivity index (χ4v) is 3.98. The maximum absolute atomic E-state index is 14.4. The quantitative estimate of drug-likeness (QED) is 0.147. The normalized spacial score (nSPS) is 11.5. The van der Waals surface area contributed by atoms with Crippen molar-refractivity contribution in [1.82, 2.24) is 9.97 Å². The smallest absolute Gasteiger partial charge is 0.247 e. The highest BCUT2D eigenvalue weighted by molar-refractivity contribution is 6.74.